The number of aromatic nitrogens is 1. The molecule has 1 aromatic rings. The van der Waals surface area contributed by atoms with Crippen LogP contribution >= 0.6 is 0 Å². The van der Waals surface area contributed by atoms with Gasteiger partial charge in [0.15, 0.2) is 0 Å². The van der Waals surface area contributed by atoms with Crippen LogP contribution in [0.1, 0.15) is 27.3 Å². The molecule has 104 valence electrons. The van der Waals surface area contributed by atoms with Gasteiger partial charge in [0.2, 0.25) is 5.91 Å². The topological polar surface area (TPSA) is 117 Å². The van der Waals surface area contributed by atoms with Gasteiger partial charge in [0.05, 0.1) is 12.0 Å². The van der Waals surface area contributed by atoms with Crippen LogP contribution in [0.2, 0.25) is 0 Å². The number of hydrogen-bond acceptors (Lipinski definition) is 5. The Hall–Kier alpha value is -2.77. The molecule has 2 N–H and O–H groups in total. The highest BCUT2D eigenvalue weighted by atomic mass is 16.4. The Morgan fingerprint density at radius 2 is 2.10 bits per heavy atom. The summed E-state index contributed by atoms with van der Waals surface area (Å²) in [5.41, 5.74) is -0.0711. The standard InChI is InChI=1S/C12H11N3O5/c1-15-9(16)4-8(11(15)18)14-10(17)7-3-2-6(5-13-7)12(19)20/h2-3,5,8H,4H2,1H3,(H,14,17)(H,19,20). The maximum absolute atomic E-state index is 11.8. The molecule has 2 rings (SSSR count). The Balaban J connectivity index is 2.07. The first-order chi connectivity index (χ1) is 9.40. The molecule has 0 saturated carbocycles. The summed E-state index contributed by atoms with van der Waals surface area (Å²) in [7, 11) is 1.34. The van der Waals surface area contributed by atoms with Crippen LogP contribution in [0.5, 0.6) is 0 Å². The monoisotopic (exact) mass is 277 g/mol. The summed E-state index contributed by atoms with van der Waals surface area (Å²) in [5, 5.41) is 11.1. The van der Waals surface area contributed by atoms with Crippen molar-refractivity contribution in [3.05, 3.63) is 29.6 Å². The lowest BCUT2D eigenvalue weighted by Gasteiger charge is -2.10. The Morgan fingerprint density at radius 1 is 1.40 bits per heavy atom. The number of pyridine rings is 1. The van der Waals surface area contributed by atoms with Gasteiger partial charge < -0.3 is 10.4 Å². The number of hydrogen-bond donors (Lipinski definition) is 2. The predicted octanol–water partition coefficient (Wildman–Crippen LogP) is -0.733. The third-order valence-electron chi connectivity index (χ3n) is 2.93. The normalized spacial score (nSPS) is 18.2. The minimum Gasteiger partial charge on any atom is -0.478 e. The number of carbonyl (C=O) groups is 4. The van der Waals surface area contributed by atoms with Gasteiger partial charge in [-0.3, -0.25) is 24.3 Å². The molecule has 20 heavy (non-hydrogen) atoms. The Labute approximate surface area is 113 Å². The van der Waals surface area contributed by atoms with Crippen LogP contribution in [0.15, 0.2) is 18.3 Å². The maximum atomic E-state index is 11.8. The fourth-order valence-electron chi connectivity index (χ4n) is 1.76. The summed E-state index contributed by atoms with van der Waals surface area (Å²) in [5.74, 6) is -2.63. The van der Waals surface area contributed by atoms with Crippen molar-refractivity contribution in [1.82, 2.24) is 15.2 Å². The molecular weight excluding hydrogens is 266 g/mol. The van der Waals surface area contributed by atoms with E-state index in [0.717, 1.165) is 11.1 Å². The minimum atomic E-state index is -1.15. The van der Waals surface area contributed by atoms with Crippen LogP contribution in [0.3, 0.4) is 0 Å². The van der Waals surface area contributed by atoms with Crippen molar-refractivity contribution in [1.29, 1.82) is 0 Å². The van der Waals surface area contributed by atoms with Gasteiger partial charge in [-0.25, -0.2) is 4.79 Å². The smallest absolute Gasteiger partial charge is 0.337 e. The predicted molar refractivity (Wildman–Crippen MR) is 64.8 cm³/mol. The number of nitrogens with zero attached hydrogens (tertiary/aromatic N) is 2. The van der Waals surface area contributed by atoms with Crippen LogP contribution < -0.4 is 5.32 Å². The van der Waals surface area contributed by atoms with Crippen molar-refractivity contribution >= 4 is 23.7 Å². The highest BCUT2D eigenvalue weighted by molar-refractivity contribution is 6.07. The Morgan fingerprint density at radius 3 is 2.55 bits per heavy atom. The van der Waals surface area contributed by atoms with Crippen molar-refractivity contribution in [2.24, 2.45) is 0 Å². The molecule has 0 bridgehead atoms. The number of likely N-dealkylation sites (N-methyl/N-ethyl adjacent to an activating group) is 1. The van der Waals surface area contributed by atoms with Gasteiger partial charge in [-0.2, -0.15) is 0 Å². The number of likely N-dealkylation sites (tertiary alicyclic amines) is 1. The molecular formula is C12H11N3O5. The van der Waals surface area contributed by atoms with Crippen LogP contribution in [-0.2, 0) is 9.59 Å². The first kappa shape index (κ1) is 13.7. The zero-order valence-corrected chi connectivity index (χ0v) is 10.5. The van der Waals surface area contributed by atoms with Crippen LogP contribution in [0, 0.1) is 0 Å². The molecule has 1 aliphatic rings. The van der Waals surface area contributed by atoms with Gasteiger partial charge in [-0.15, -0.1) is 0 Å². The van der Waals surface area contributed by atoms with E-state index in [9.17, 15) is 19.2 Å². The van der Waals surface area contributed by atoms with Crippen molar-refractivity contribution < 1.29 is 24.3 Å². The third-order valence-corrected chi connectivity index (χ3v) is 2.93. The minimum absolute atomic E-state index is 0.0233. The number of nitrogens with one attached hydrogen (secondary N) is 1. The summed E-state index contributed by atoms with van der Waals surface area (Å²) >= 11 is 0. The van der Waals surface area contributed by atoms with E-state index >= 15 is 0 Å². The lowest BCUT2D eigenvalue weighted by atomic mass is 10.2. The fourth-order valence-corrected chi connectivity index (χ4v) is 1.76. The first-order valence-corrected chi connectivity index (χ1v) is 5.70. The first-order valence-electron chi connectivity index (χ1n) is 5.70. The molecule has 1 aromatic heterocycles. The molecule has 8 nitrogen and oxygen atoms in total. The molecule has 0 spiro atoms. The van der Waals surface area contributed by atoms with E-state index in [1.165, 1.54) is 19.2 Å². The van der Waals surface area contributed by atoms with E-state index in [1.807, 2.05) is 0 Å². The number of amides is 3. The summed E-state index contributed by atoms with van der Waals surface area (Å²) in [4.78, 5) is 50.1. The molecule has 1 saturated heterocycles. The average Bonchev–Trinajstić information content (AvgIpc) is 2.66. The Kier molecular flexibility index (Phi) is 3.47. The van der Waals surface area contributed by atoms with E-state index in [0.29, 0.717) is 0 Å². The molecule has 0 aliphatic carbocycles. The fraction of sp³-hybridized carbons (Fsp3) is 0.250. The van der Waals surface area contributed by atoms with Gasteiger partial charge >= 0.3 is 5.97 Å². The van der Waals surface area contributed by atoms with Gasteiger partial charge in [0, 0.05) is 13.2 Å². The van der Waals surface area contributed by atoms with Crippen molar-refractivity contribution in [3.8, 4) is 0 Å². The van der Waals surface area contributed by atoms with Crippen LogP contribution in [0.25, 0.3) is 0 Å². The van der Waals surface area contributed by atoms with Gasteiger partial charge in [0.25, 0.3) is 11.8 Å². The molecule has 2 heterocycles. The molecule has 1 unspecified atom stereocenters. The second-order valence-electron chi connectivity index (χ2n) is 4.26. The molecule has 0 aromatic carbocycles. The zero-order valence-electron chi connectivity index (χ0n) is 10.5. The second kappa shape index (κ2) is 5.08. The lowest BCUT2D eigenvalue weighted by Crippen LogP contribution is -2.40. The largest absolute Gasteiger partial charge is 0.478 e. The van der Waals surface area contributed by atoms with Crippen molar-refractivity contribution in [2.75, 3.05) is 7.05 Å². The van der Waals surface area contributed by atoms with Gasteiger partial charge in [-0.05, 0) is 12.1 Å². The van der Waals surface area contributed by atoms with E-state index in [2.05, 4.69) is 10.3 Å². The van der Waals surface area contributed by atoms with E-state index in [4.69, 9.17) is 5.11 Å². The number of carboxylic acid groups (broad SMARTS) is 1. The van der Waals surface area contributed by atoms with Gasteiger partial charge in [0.1, 0.15) is 11.7 Å². The summed E-state index contributed by atoms with van der Waals surface area (Å²) in [6.45, 7) is 0. The number of aromatic carboxylic acids is 1. The molecule has 1 aliphatic heterocycles. The maximum Gasteiger partial charge on any atom is 0.337 e. The van der Waals surface area contributed by atoms with E-state index in [1.54, 1.807) is 0 Å². The highest BCUT2D eigenvalue weighted by Crippen LogP contribution is 2.11. The average molecular weight is 277 g/mol. The molecule has 1 fully saturated rings. The van der Waals surface area contributed by atoms with Crippen LogP contribution in [0.4, 0.5) is 0 Å². The zero-order chi connectivity index (χ0) is 14.9. The summed E-state index contributed by atoms with van der Waals surface area (Å²) in [6.07, 6.45) is 0.958. The molecule has 3 amide bonds. The van der Waals surface area contributed by atoms with Crippen molar-refractivity contribution in [2.45, 2.75) is 12.5 Å². The second-order valence-corrected chi connectivity index (χ2v) is 4.26. The molecule has 1 atom stereocenters. The number of imide groups is 1. The SMILES string of the molecule is CN1C(=O)CC(NC(=O)c2ccc(C(=O)O)cn2)C1=O. The highest BCUT2D eigenvalue weighted by Gasteiger charge is 2.37. The number of carbonyl (C=O) groups excluding carboxylic acids is 3. The summed E-state index contributed by atoms with van der Waals surface area (Å²) in [6, 6.07) is 1.57. The Bertz CT molecular complexity index is 596. The van der Waals surface area contributed by atoms with Gasteiger partial charge in [-0.1, -0.05) is 0 Å². The number of rotatable bonds is 3. The number of carboxylic acids is 1. The van der Waals surface area contributed by atoms with Crippen LogP contribution in [-0.4, -0.2) is 51.8 Å². The quantitative estimate of drug-likeness (QED) is 0.703. The molecule has 0 radical (unpaired) electrons. The van der Waals surface area contributed by atoms with Crippen molar-refractivity contribution in [3.63, 3.8) is 0 Å². The van der Waals surface area contributed by atoms with E-state index in [-0.39, 0.29) is 23.6 Å². The lowest BCUT2D eigenvalue weighted by molar-refractivity contribution is -0.137. The third kappa shape index (κ3) is 2.48. The molecule has 8 heteroatoms. The van der Waals surface area contributed by atoms with E-state index < -0.39 is 23.8 Å². The summed E-state index contributed by atoms with van der Waals surface area (Å²) < 4.78 is 0.